The number of rotatable bonds is 4. The highest BCUT2D eigenvalue weighted by Gasteiger charge is 2.18. The molecule has 3 heterocycles. The van der Waals surface area contributed by atoms with Crippen molar-refractivity contribution in [2.24, 2.45) is 0 Å². The van der Waals surface area contributed by atoms with Gasteiger partial charge in [-0.3, -0.25) is 4.79 Å². The summed E-state index contributed by atoms with van der Waals surface area (Å²) in [6.07, 6.45) is 3.32. The van der Waals surface area contributed by atoms with Crippen molar-refractivity contribution >= 4 is 23.1 Å². The van der Waals surface area contributed by atoms with Crippen LogP contribution in [0.5, 0.6) is 0 Å². The standard InChI is InChI=1S/C20H20N4O2/c25-20(18-4-3-15-26-18)22-16-6-8-17(9-7-16)23-11-13-24(14-12-23)19-5-1-2-10-21-19/h1-10,15H,11-14H2,(H,22,25). The zero-order chi connectivity index (χ0) is 17.8. The van der Waals surface area contributed by atoms with Crippen molar-refractivity contribution in [2.75, 3.05) is 41.3 Å². The normalized spacial score (nSPS) is 14.3. The van der Waals surface area contributed by atoms with Crippen LogP contribution in [0.1, 0.15) is 10.6 Å². The van der Waals surface area contributed by atoms with Gasteiger partial charge >= 0.3 is 0 Å². The van der Waals surface area contributed by atoms with Gasteiger partial charge in [-0.15, -0.1) is 0 Å². The van der Waals surface area contributed by atoms with E-state index < -0.39 is 0 Å². The number of aromatic nitrogens is 1. The Bertz CT molecular complexity index is 839. The maximum absolute atomic E-state index is 12.0. The number of benzene rings is 1. The van der Waals surface area contributed by atoms with Crippen molar-refractivity contribution < 1.29 is 9.21 Å². The average molecular weight is 348 g/mol. The molecule has 1 aromatic carbocycles. The highest BCUT2D eigenvalue weighted by molar-refractivity contribution is 6.02. The Morgan fingerprint density at radius 1 is 0.923 bits per heavy atom. The second kappa shape index (κ2) is 7.31. The number of carbonyl (C=O) groups excluding carboxylic acids is 1. The van der Waals surface area contributed by atoms with Gasteiger partial charge in [-0.2, -0.15) is 0 Å². The van der Waals surface area contributed by atoms with Crippen molar-refractivity contribution in [3.05, 3.63) is 72.8 Å². The van der Waals surface area contributed by atoms with Gasteiger partial charge in [0.25, 0.3) is 5.91 Å². The molecule has 0 atom stereocenters. The van der Waals surface area contributed by atoms with Gasteiger partial charge in [-0.25, -0.2) is 4.98 Å². The average Bonchev–Trinajstić information content (AvgIpc) is 3.25. The molecule has 1 amide bonds. The van der Waals surface area contributed by atoms with Crippen molar-refractivity contribution in [3.63, 3.8) is 0 Å². The third-order valence-electron chi connectivity index (χ3n) is 4.49. The number of amides is 1. The summed E-state index contributed by atoms with van der Waals surface area (Å²) >= 11 is 0. The summed E-state index contributed by atoms with van der Waals surface area (Å²) in [7, 11) is 0. The lowest BCUT2D eigenvalue weighted by molar-refractivity contribution is 0.0996. The molecule has 0 unspecified atom stereocenters. The highest BCUT2D eigenvalue weighted by Crippen LogP contribution is 2.21. The number of carbonyl (C=O) groups is 1. The van der Waals surface area contributed by atoms with Crippen molar-refractivity contribution in [2.45, 2.75) is 0 Å². The summed E-state index contributed by atoms with van der Waals surface area (Å²) in [5.41, 5.74) is 1.91. The van der Waals surface area contributed by atoms with Crippen LogP contribution < -0.4 is 15.1 Å². The van der Waals surface area contributed by atoms with E-state index in [1.54, 1.807) is 12.1 Å². The largest absolute Gasteiger partial charge is 0.459 e. The summed E-state index contributed by atoms with van der Waals surface area (Å²) in [5, 5.41) is 2.84. The quantitative estimate of drug-likeness (QED) is 0.784. The number of piperazine rings is 1. The zero-order valence-corrected chi connectivity index (χ0v) is 14.3. The monoisotopic (exact) mass is 348 g/mol. The van der Waals surface area contributed by atoms with E-state index in [2.05, 4.69) is 20.1 Å². The van der Waals surface area contributed by atoms with E-state index in [9.17, 15) is 4.79 Å². The van der Waals surface area contributed by atoms with Gasteiger partial charge in [-0.1, -0.05) is 6.07 Å². The van der Waals surface area contributed by atoms with Gasteiger partial charge in [-0.05, 0) is 48.5 Å². The molecule has 26 heavy (non-hydrogen) atoms. The van der Waals surface area contributed by atoms with E-state index in [0.717, 1.165) is 43.4 Å². The van der Waals surface area contributed by atoms with E-state index in [1.807, 2.05) is 48.7 Å². The number of hydrogen-bond donors (Lipinski definition) is 1. The molecule has 6 nitrogen and oxygen atoms in total. The van der Waals surface area contributed by atoms with Gasteiger partial charge < -0.3 is 19.5 Å². The third-order valence-corrected chi connectivity index (χ3v) is 4.49. The summed E-state index contributed by atoms with van der Waals surface area (Å²) in [6, 6.07) is 17.3. The van der Waals surface area contributed by atoms with Gasteiger partial charge in [0.2, 0.25) is 0 Å². The second-order valence-corrected chi connectivity index (χ2v) is 6.14. The van der Waals surface area contributed by atoms with Crippen LogP contribution in [0.3, 0.4) is 0 Å². The Morgan fingerprint density at radius 2 is 1.69 bits per heavy atom. The maximum atomic E-state index is 12.0. The van der Waals surface area contributed by atoms with Gasteiger partial charge in [0.1, 0.15) is 5.82 Å². The number of nitrogens with one attached hydrogen (secondary N) is 1. The van der Waals surface area contributed by atoms with E-state index in [-0.39, 0.29) is 5.91 Å². The van der Waals surface area contributed by atoms with Crippen LogP contribution in [0.4, 0.5) is 17.2 Å². The second-order valence-electron chi connectivity index (χ2n) is 6.14. The fourth-order valence-electron chi connectivity index (χ4n) is 3.09. The number of pyridine rings is 1. The minimum atomic E-state index is -0.244. The van der Waals surface area contributed by atoms with Crippen LogP contribution in [-0.4, -0.2) is 37.1 Å². The first-order valence-electron chi connectivity index (χ1n) is 8.65. The molecule has 1 fully saturated rings. The van der Waals surface area contributed by atoms with E-state index >= 15 is 0 Å². The Hall–Kier alpha value is -3.28. The van der Waals surface area contributed by atoms with Crippen LogP contribution >= 0.6 is 0 Å². The molecule has 1 N–H and O–H groups in total. The summed E-state index contributed by atoms with van der Waals surface area (Å²) in [4.78, 5) is 21.1. The SMILES string of the molecule is O=C(Nc1ccc(N2CCN(c3ccccn3)CC2)cc1)c1ccco1. The fourth-order valence-corrected chi connectivity index (χ4v) is 3.09. The number of furan rings is 1. The van der Waals surface area contributed by atoms with Crippen LogP contribution in [0.2, 0.25) is 0 Å². The van der Waals surface area contributed by atoms with Crippen molar-refractivity contribution in [3.8, 4) is 0 Å². The van der Waals surface area contributed by atoms with Crippen LogP contribution in [0, 0.1) is 0 Å². The first kappa shape index (κ1) is 16.2. The van der Waals surface area contributed by atoms with E-state index in [1.165, 1.54) is 6.26 Å². The molecule has 1 aliphatic rings. The molecule has 1 aliphatic heterocycles. The molecule has 132 valence electrons. The highest BCUT2D eigenvalue weighted by atomic mass is 16.3. The Kier molecular flexibility index (Phi) is 4.55. The lowest BCUT2D eigenvalue weighted by Gasteiger charge is -2.36. The Balaban J connectivity index is 1.35. The zero-order valence-electron chi connectivity index (χ0n) is 14.3. The van der Waals surface area contributed by atoms with Crippen molar-refractivity contribution in [1.29, 1.82) is 0 Å². The van der Waals surface area contributed by atoms with Crippen LogP contribution in [0.25, 0.3) is 0 Å². The number of hydrogen-bond acceptors (Lipinski definition) is 5. The molecular weight excluding hydrogens is 328 g/mol. The molecule has 2 aromatic heterocycles. The molecule has 0 aliphatic carbocycles. The summed E-state index contributed by atoms with van der Waals surface area (Å²) < 4.78 is 5.10. The third kappa shape index (κ3) is 3.54. The first-order chi connectivity index (χ1) is 12.8. The van der Waals surface area contributed by atoms with Gasteiger partial charge in [0.15, 0.2) is 5.76 Å². The maximum Gasteiger partial charge on any atom is 0.291 e. The molecule has 0 radical (unpaired) electrons. The van der Waals surface area contributed by atoms with Crippen LogP contribution in [-0.2, 0) is 0 Å². The first-order valence-corrected chi connectivity index (χ1v) is 8.65. The van der Waals surface area contributed by atoms with Crippen LogP contribution in [0.15, 0.2) is 71.5 Å². The topological polar surface area (TPSA) is 61.6 Å². The minimum absolute atomic E-state index is 0.244. The number of anilines is 3. The minimum Gasteiger partial charge on any atom is -0.459 e. The summed E-state index contributed by atoms with van der Waals surface area (Å²) in [6.45, 7) is 3.76. The van der Waals surface area contributed by atoms with Gasteiger partial charge in [0, 0.05) is 43.8 Å². The number of nitrogens with zero attached hydrogens (tertiary/aromatic N) is 3. The predicted octanol–water partition coefficient (Wildman–Crippen LogP) is 3.25. The van der Waals surface area contributed by atoms with E-state index in [4.69, 9.17) is 4.42 Å². The Labute approximate surface area is 152 Å². The molecule has 4 rings (SSSR count). The molecule has 1 saturated heterocycles. The van der Waals surface area contributed by atoms with E-state index in [0.29, 0.717) is 5.76 Å². The molecule has 3 aromatic rings. The molecule has 0 bridgehead atoms. The Morgan fingerprint density at radius 3 is 2.35 bits per heavy atom. The predicted molar refractivity (Wildman–Crippen MR) is 102 cm³/mol. The molecule has 0 spiro atoms. The lowest BCUT2D eigenvalue weighted by Crippen LogP contribution is -2.46. The molecule has 0 saturated carbocycles. The summed E-state index contributed by atoms with van der Waals surface area (Å²) in [5.74, 6) is 1.09. The van der Waals surface area contributed by atoms with Crippen molar-refractivity contribution in [1.82, 2.24) is 4.98 Å². The van der Waals surface area contributed by atoms with Gasteiger partial charge in [0.05, 0.1) is 6.26 Å². The smallest absolute Gasteiger partial charge is 0.291 e. The molecule has 6 heteroatoms. The fraction of sp³-hybridized carbons (Fsp3) is 0.200. The molecular formula is C20H20N4O2. The lowest BCUT2D eigenvalue weighted by atomic mass is 10.2.